The highest BCUT2D eigenvalue weighted by molar-refractivity contribution is 7.00. The Morgan fingerprint density at radius 2 is 0.895 bits per heavy atom. The predicted molar refractivity (Wildman–Crippen MR) is 325 cm³/mol. The van der Waals surface area contributed by atoms with Crippen LogP contribution in [0.1, 0.15) is 52.7 Å². The number of aromatic nitrogens is 1. The molecule has 0 bridgehead atoms. The zero-order valence-corrected chi connectivity index (χ0v) is 43.9. The molecule has 1 aromatic heterocycles. The van der Waals surface area contributed by atoms with Crippen LogP contribution in [-0.4, -0.2) is 11.3 Å². The average Bonchev–Trinajstić information content (AvgIpc) is 3.87. The van der Waals surface area contributed by atoms with Crippen LogP contribution in [0.15, 0.2) is 231 Å². The van der Waals surface area contributed by atoms with Crippen LogP contribution in [0.4, 0.5) is 34.1 Å². The maximum absolute atomic E-state index is 2.67. The molecule has 0 unspecified atom stereocenters. The van der Waals surface area contributed by atoms with Crippen molar-refractivity contribution in [2.75, 3.05) is 9.80 Å². The average molecular weight is 974 g/mol. The topological polar surface area (TPSA) is 11.4 Å². The number of hydrogen-bond acceptors (Lipinski definition) is 2. The summed E-state index contributed by atoms with van der Waals surface area (Å²) in [6, 6.07) is 87.1. The lowest BCUT2D eigenvalue weighted by Crippen LogP contribution is -2.60. The summed E-state index contributed by atoms with van der Waals surface area (Å²) >= 11 is 0. The number of nitrogens with zero attached hydrogens (tertiary/aromatic N) is 3. The first-order valence-corrected chi connectivity index (χ1v) is 26.9. The van der Waals surface area contributed by atoms with E-state index in [2.05, 4.69) is 286 Å². The Kier molecular flexibility index (Phi) is 9.58. The molecule has 0 fully saturated rings. The Morgan fingerprint density at radius 3 is 1.50 bits per heavy atom. The molecule has 3 heterocycles. The SMILES string of the molecule is CC(C)(C)c1ccc(N2c3ccc(C(C)(C)C)cc3B3c4c2cc(N(c2ccc(-c5ccccc5)cc2)c2ccc(-c5ccccc5)cc2)cc4-n2c4cccc5c4c4c6c(cccc6cc3c42)-c2ccccc2-5)cc1. The van der Waals surface area contributed by atoms with E-state index in [1.807, 2.05) is 0 Å². The van der Waals surface area contributed by atoms with Gasteiger partial charge in [-0.05, 0) is 154 Å². The molecule has 11 aromatic carbocycles. The number of benzene rings is 11. The van der Waals surface area contributed by atoms with Gasteiger partial charge in [-0.1, -0.05) is 211 Å². The van der Waals surface area contributed by atoms with Crippen molar-refractivity contribution in [1.82, 2.24) is 4.57 Å². The lowest BCUT2D eigenvalue weighted by molar-refractivity contribution is 0.590. The Hall–Kier alpha value is -8.86. The quantitative estimate of drug-likeness (QED) is 0.154. The van der Waals surface area contributed by atoms with Crippen LogP contribution < -0.4 is 26.2 Å². The van der Waals surface area contributed by atoms with Gasteiger partial charge in [-0.2, -0.15) is 0 Å². The highest BCUT2D eigenvalue weighted by Crippen LogP contribution is 2.52. The van der Waals surface area contributed by atoms with Gasteiger partial charge in [0, 0.05) is 44.9 Å². The highest BCUT2D eigenvalue weighted by atomic mass is 15.2. The number of fused-ring (bicyclic) bond motifs is 8. The maximum atomic E-state index is 2.67. The molecule has 0 N–H and O–H groups in total. The summed E-state index contributed by atoms with van der Waals surface area (Å²) in [6.45, 7) is 13.9. The van der Waals surface area contributed by atoms with Crippen LogP contribution in [0.2, 0.25) is 0 Å². The van der Waals surface area contributed by atoms with Gasteiger partial charge >= 0.3 is 0 Å². The third-order valence-electron chi connectivity index (χ3n) is 16.8. The van der Waals surface area contributed by atoms with Crippen LogP contribution in [0.5, 0.6) is 0 Å². The lowest BCUT2D eigenvalue weighted by Gasteiger charge is -2.42. The Balaban J connectivity index is 1.08. The number of anilines is 6. The molecular formula is C72H56BN3. The second-order valence-corrected chi connectivity index (χ2v) is 23.3. The van der Waals surface area contributed by atoms with Gasteiger partial charge in [0.1, 0.15) is 0 Å². The fourth-order valence-electron chi connectivity index (χ4n) is 13.1. The van der Waals surface area contributed by atoms with Crippen molar-refractivity contribution in [2.45, 2.75) is 52.4 Å². The molecule has 0 amide bonds. The normalized spacial score (nSPS) is 13.1. The third kappa shape index (κ3) is 6.63. The molecule has 15 rings (SSSR count). The van der Waals surface area contributed by atoms with Crippen LogP contribution in [-0.2, 0) is 10.8 Å². The van der Waals surface area contributed by atoms with E-state index in [1.54, 1.807) is 0 Å². The van der Waals surface area contributed by atoms with E-state index >= 15 is 0 Å². The summed E-state index contributed by atoms with van der Waals surface area (Å²) < 4.78 is 2.67. The lowest BCUT2D eigenvalue weighted by atomic mass is 9.33. The Morgan fingerprint density at radius 1 is 0.368 bits per heavy atom. The molecule has 0 saturated carbocycles. The molecule has 0 atom stereocenters. The minimum Gasteiger partial charge on any atom is -0.311 e. The molecule has 0 radical (unpaired) electrons. The zero-order valence-electron chi connectivity index (χ0n) is 43.9. The smallest absolute Gasteiger partial charge is 0.252 e. The van der Waals surface area contributed by atoms with E-state index < -0.39 is 0 Å². The molecule has 0 saturated heterocycles. The molecule has 76 heavy (non-hydrogen) atoms. The summed E-state index contributed by atoms with van der Waals surface area (Å²) in [4.78, 5) is 5.07. The molecule has 2 aliphatic heterocycles. The van der Waals surface area contributed by atoms with E-state index in [1.165, 1.54) is 122 Å². The van der Waals surface area contributed by atoms with Crippen molar-refractivity contribution in [3.63, 3.8) is 0 Å². The van der Waals surface area contributed by atoms with Gasteiger partial charge in [0.2, 0.25) is 0 Å². The van der Waals surface area contributed by atoms with Crippen molar-refractivity contribution >= 4 is 89.8 Å². The first-order valence-electron chi connectivity index (χ1n) is 26.9. The minimum absolute atomic E-state index is 0.00584. The Labute approximate surface area is 446 Å². The van der Waals surface area contributed by atoms with Crippen molar-refractivity contribution in [3.8, 4) is 50.2 Å². The van der Waals surface area contributed by atoms with E-state index in [4.69, 9.17) is 0 Å². The third-order valence-corrected chi connectivity index (χ3v) is 16.8. The van der Waals surface area contributed by atoms with Gasteiger partial charge in [-0.25, -0.2) is 0 Å². The molecule has 3 aliphatic rings. The van der Waals surface area contributed by atoms with Crippen LogP contribution in [0.25, 0.3) is 82.8 Å². The summed E-state index contributed by atoms with van der Waals surface area (Å²) in [5, 5.41) is 5.29. The largest absolute Gasteiger partial charge is 0.311 e. The summed E-state index contributed by atoms with van der Waals surface area (Å²) in [5.74, 6) is 0. The van der Waals surface area contributed by atoms with Crippen molar-refractivity contribution in [1.29, 1.82) is 0 Å². The van der Waals surface area contributed by atoms with Gasteiger partial charge in [-0.15, -0.1) is 0 Å². The molecule has 4 heteroatoms. The second kappa shape index (κ2) is 16.3. The van der Waals surface area contributed by atoms with Gasteiger partial charge in [0.05, 0.1) is 16.7 Å². The number of rotatable bonds is 6. The first-order chi connectivity index (χ1) is 37.0. The van der Waals surface area contributed by atoms with E-state index in [9.17, 15) is 0 Å². The summed E-state index contributed by atoms with van der Waals surface area (Å²) in [5.41, 5.74) is 27.1. The van der Waals surface area contributed by atoms with Crippen LogP contribution in [0, 0.1) is 0 Å². The van der Waals surface area contributed by atoms with Crippen LogP contribution in [0.3, 0.4) is 0 Å². The summed E-state index contributed by atoms with van der Waals surface area (Å²) in [7, 11) is 0. The van der Waals surface area contributed by atoms with E-state index in [0.717, 1.165) is 22.7 Å². The molecule has 3 nitrogen and oxygen atoms in total. The van der Waals surface area contributed by atoms with Crippen molar-refractivity contribution < 1.29 is 0 Å². The monoisotopic (exact) mass is 973 g/mol. The molecule has 362 valence electrons. The van der Waals surface area contributed by atoms with Gasteiger partial charge in [0.25, 0.3) is 6.71 Å². The van der Waals surface area contributed by atoms with Crippen molar-refractivity contribution in [3.05, 3.63) is 242 Å². The zero-order chi connectivity index (χ0) is 51.2. The number of hydrogen-bond donors (Lipinski definition) is 0. The second-order valence-electron chi connectivity index (χ2n) is 23.3. The maximum Gasteiger partial charge on any atom is 0.252 e. The molecule has 1 aliphatic carbocycles. The molecule has 12 aromatic rings. The fourth-order valence-corrected chi connectivity index (χ4v) is 13.1. The molecule has 0 spiro atoms. The standard InChI is InChI=1S/C72H56BN3/c1-71(2,3)50-31-38-54(39-32-50)75-62-40-33-51(72(4,5)6)42-60(62)73-61-41-49-21-15-24-58-56-22-13-14-23-57(56)59-25-16-26-63-67(59)68(66(49)58)70(61)76(63)65-44-55(43-64(75)69(65)73)74(52-34-27-47(28-35-52)45-17-9-7-10-18-45)53-36-29-48(30-37-53)46-19-11-8-12-20-46/h7-44H,1-6H3. The van der Waals surface area contributed by atoms with Gasteiger partial charge in [0.15, 0.2) is 0 Å². The first kappa shape index (κ1) is 44.6. The minimum atomic E-state index is -0.0651. The Bertz CT molecular complexity index is 4250. The molecular weight excluding hydrogens is 918 g/mol. The predicted octanol–water partition coefficient (Wildman–Crippen LogP) is 17.6. The fraction of sp³-hybridized carbons (Fsp3) is 0.111. The highest BCUT2D eigenvalue weighted by Gasteiger charge is 2.44. The van der Waals surface area contributed by atoms with E-state index in [-0.39, 0.29) is 17.5 Å². The van der Waals surface area contributed by atoms with Gasteiger partial charge in [-0.3, -0.25) is 0 Å². The van der Waals surface area contributed by atoms with Crippen molar-refractivity contribution in [2.24, 2.45) is 0 Å². The van der Waals surface area contributed by atoms with E-state index in [0.29, 0.717) is 0 Å². The van der Waals surface area contributed by atoms with Crippen LogP contribution >= 0.6 is 0 Å². The van der Waals surface area contributed by atoms with Gasteiger partial charge < -0.3 is 14.4 Å². The summed E-state index contributed by atoms with van der Waals surface area (Å²) in [6.07, 6.45) is 0.